The molecule has 3 N–H and O–H groups in total. The highest BCUT2D eigenvalue weighted by atomic mass is 16.1. The molecule has 1 fully saturated rings. The van der Waals surface area contributed by atoms with Gasteiger partial charge in [-0.15, -0.1) is 0 Å². The van der Waals surface area contributed by atoms with Crippen LogP contribution in [0, 0.1) is 19.8 Å². The predicted molar refractivity (Wildman–Crippen MR) is 73.8 cm³/mol. The van der Waals surface area contributed by atoms with Gasteiger partial charge >= 0.3 is 0 Å². The lowest BCUT2D eigenvalue weighted by atomic mass is 10.0. The maximum atomic E-state index is 11.7. The summed E-state index contributed by atoms with van der Waals surface area (Å²) in [6.45, 7) is 7.25. The molecule has 0 atom stereocenters. The Labute approximate surface area is 108 Å². The summed E-state index contributed by atoms with van der Waals surface area (Å²) in [5.74, 6) is 0.665. The monoisotopic (exact) mass is 247 g/mol. The van der Waals surface area contributed by atoms with Crippen molar-refractivity contribution in [3.05, 3.63) is 29.3 Å². The predicted octanol–water partition coefficient (Wildman–Crippen LogP) is 1.05. The highest BCUT2D eigenvalue weighted by Crippen LogP contribution is 2.18. The molecule has 1 saturated heterocycles. The molecule has 4 nitrogen and oxygen atoms in total. The van der Waals surface area contributed by atoms with Crippen molar-refractivity contribution in [2.75, 3.05) is 31.5 Å². The van der Waals surface area contributed by atoms with Gasteiger partial charge in [0.25, 0.3) is 0 Å². The third-order valence-electron chi connectivity index (χ3n) is 3.36. The van der Waals surface area contributed by atoms with Gasteiger partial charge < -0.3 is 16.0 Å². The Morgan fingerprint density at radius 3 is 2.56 bits per heavy atom. The van der Waals surface area contributed by atoms with Crippen LogP contribution in [0.5, 0.6) is 0 Å². The Balaban J connectivity index is 1.77. The summed E-state index contributed by atoms with van der Waals surface area (Å²) < 4.78 is 0. The van der Waals surface area contributed by atoms with Crippen LogP contribution in [-0.2, 0) is 4.79 Å². The fourth-order valence-electron chi connectivity index (χ4n) is 2.08. The highest BCUT2D eigenvalue weighted by Gasteiger charge is 2.16. The Morgan fingerprint density at radius 1 is 1.33 bits per heavy atom. The molecule has 1 aromatic rings. The molecule has 98 valence electrons. The van der Waals surface area contributed by atoms with Crippen molar-refractivity contribution >= 4 is 11.6 Å². The number of amides is 1. The van der Waals surface area contributed by atoms with Crippen LogP contribution in [0.3, 0.4) is 0 Å². The van der Waals surface area contributed by atoms with E-state index in [1.807, 2.05) is 32.0 Å². The lowest BCUT2D eigenvalue weighted by Crippen LogP contribution is -2.48. The molecular formula is C14H21N3O. The van der Waals surface area contributed by atoms with Crippen molar-refractivity contribution in [2.24, 2.45) is 5.92 Å². The van der Waals surface area contributed by atoms with Crippen LogP contribution in [-0.4, -0.2) is 32.1 Å². The van der Waals surface area contributed by atoms with Gasteiger partial charge in [0.1, 0.15) is 0 Å². The molecule has 1 aliphatic rings. The van der Waals surface area contributed by atoms with Crippen molar-refractivity contribution in [2.45, 2.75) is 13.8 Å². The van der Waals surface area contributed by atoms with E-state index in [4.69, 9.17) is 0 Å². The van der Waals surface area contributed by atoms with E-state index < -0.39 is 0 Å². The van der Waals surface area contributed by atoms with Gasteiger partial charge in [-0.05, 0) is 25.0 Å². The van der Waals surface area contributed by atoms with Crippen LogP contribution < -0.4 is 16.0 Å². The number of hydrogen-bond donors (Lipinski definition) is 3. The van der Waals surface area contributed by atoms with Crippen molar-refractivity contribution in [1.82, 2.24) is 10.6 Å². The molecular weight excluding hydrogens is 226 g/mol. The normalized spacial score (nSPS) is 15.0. The first kappa shape index (κ1) is 12.9. The van der Waals surface area contributed by atoms with E-state index >= 15 is 0 Å². The zero-order valence-corrected chi connectivity index (χ0v) is 11.0. The quantitative estimate of drug-likeness (QED) is 0.729. The van der Waals surface area contributed by atoms with Crippen LogP contribution >= 0.6 is 0 Å². The Kier molecular flexibility index (Phi) is 4.20. The molecule has 4 heteroatoms. The summed E-state index contributed by atoms with van der Waals surface area (Å²) in [5, 5.41) is 9.36. The van der Waals surface area contributed by atoms with E-state index in [1.54, 1.807) is 0 Å². The largest absolute Gasteiger partial charge is 0.376 e. The molecule has 1 aromatic carbocycles. The third-order valence-corrected chi connectivity index (χ3v) is 3.36. The average Bonchev–Trinajstić information content (AvgIpc) is 2.26. The van der Waals surface area contributed by atoms with Gasteiger partial charge in [-0.3, -0.25) is 4.79 Å². The number of carbonyl (C=O) groups excluding carboxylic acids is 1. The van der Waals surface area contributed by atoms with Crippen LogP contribution in [0.4, 0.5) is 5.69 Å². The fraction of sp³-hybridized carbons (Fsp3) is 0.500. The van der Waals surface area contributed by atoms with Crippen LogP contribution in [0.25, 0.3) is 0 Å². The second-order valence-electron chi connectivity index (χ2n) is 4.95. The molecule has 0 bridgehead atoms. The van der Waals surface area contributed by atoms with Crippen LogP contribution in [0.2, 0.25) is 0 Å². The van der Waals surface area contributed by atoms with Gasteiger partial charge in [0, 0.05) is 31.2 Å². The highest BCUT2D eigenvalue weighted by molar-refractivity contribution is 5.81. The van der Waals surface area contributed by atoms with Crippen molar-refractivity contribution in [1.29, 1.82) is 0 Å². The molecule has 1 amide bonds. The second-order valence-corrected chi connectivity index (χ2v) is 4.95. The molecule has 1 aliphatic heterocycles. The lowest BCUT2D eigenvalue weighted by molar-refractivity contribution is -0.119. The van der Waals surface area contributed by atoms with E-state index in [0.717, 1.165) is 25.3 Å². The van der Waals surface area contributed by atoms with E-state index in [1.165, 1.54) is 11.1 Å². The van der Waals surface area contributed by atoms with Gasteiger partial charge in [-0.1, -0.05) is 18.2 Å². The summed E-state index contributed by atoms with van der Waals surface area (Å²) in [7, 11) is 0. The van der Waals surface area contributed by atoms with E-state index in [9.17, 15) is 4.79 Å². The summed E-state index contributed by atoms with van der Waals surface area (Å²) >= 11 is 0. The number of anilines is 1. The number of carbonyl (C=O) groups is 1. The lowest BCUT2D eigenvalue weighted by Gasteiger charge is -2.27. The number of rotatable bonds is 5. The summed E-state index contributed by atoms with van der Waals surface area (Å²) in [6.07, 6.45) is 0. The maximum absolute atomic E-state index is 11.7. The number of benzene rings is 1. The zero-order chi connectivity index (χ0) is 13.0. The molecule has 0 aliphatic carbocycles. The molecule has 1 heterocycles. The standard InChI is InChI=1S/C14H21N3O/c1-10-4-3-5-11(2)14(10)17-9-13(18)16-8-12-6-15-7-12/h3-5,12,15,17H,6-9H2,1-2H3,(H,16,18). The minimum absolute atomic E-state index is 0.0598. The number of nitrogens with one attached hydrogen (secondary N) is 3. The molecule has 2 rings (SSSR count). The first-order valence-electron chi connectivity index (χ1n) is 6.44. The molecule has 0 spiro atoms. The Bertz CT molecular complexity index is 407. The minimum atomic E-state index is 0.0598. The van der Waals surface area contributed by atoms with Crippen molar-refractivity contribution < 1.29 is 4.79 Å². The van der Waals surface area contributed by atoms with E-state index in [-0.39, 0.29) is 5.91 Å². The zero-order valence-electron chi connectivity index (χ0n) is 11.0. The number of aryl methyl sites for hydroxylation is 2. The molecule has 0 aromatic heterocycles. The first-order chi connectivity index (χ1) is 8.66. The van der Waals surface area contributed by atoms with Gasteiger partial charge in [0.05, 0.1) is 6.54 Å². The molecule has 0 radical (unpaired) electrons. The maximum Gasteiger partial charge on any atom is 0.239 e. The summed E-state index contributed by atoms with van der Waals surface area (Å²) in [4.78, 5) is 11.7. The minimum Gasteiger partial charge on any atom is -0.376 e. The number of hydrogen-bond acceptors (Lipinski definition) is 3. The smallest absolute Gasteiger partial charge is 0.239 e. The van der Waals surface area contributed by atoms with Crippen molar-refractivity contribution in [3.8, 4) is 0 Å². The number of para-hydroxylation sites is 1. The summed E-state index contributed by atoms with van der Waals surface area (Å²) in [5.41, 5.74) is 3.41. The van der Waals surface area contributed by atoms with Crippen LogP contribution in [0.15, 0.2) is 18.2 Å². The third kappa shape index (κ3) is 3.23. The topological polar surface area (TPSA) is 53.2 Å². The second kappa shape index (κ2) is 5.87. The van der Waals surface area contributed by atoms with Gasteiger partial charge in [0.2, 0.25) is 5.91 Å². The SMILES string of the molecule is Cc1cccc(C)c1NCC(=O)NCC1CNC1. The van der Waals surface area contributed by atoms with Crippen LogP contribution in [0.1, 0.15) is 11.1 Å². The summed E-state index contributed by atoms with van der Waals surface area (Å²) in [6, 6.07) is 6.13. The van der Waals surface area contributed by atoms with E-state index in [0.29, 0.717) is 12.5 Å². The molecule has 0 saturated carbocycles. The van der Waals surface area contributed by atoms with Crippen molar-refractivity contribution in [3.63, 3.8) is 0 Å². The molecule has 18 heavy (non-hydrogen) atoms. The van der Waals surface area contributed by atoms with Gasteiger partial charge in [-0.25, -0.2) is 0 Å². The Morgan fingerprint density at radius 2 is 2.00 bits per heavy atom. The fourth-order valence-corrected chi connectivity index (χ4v) is 2.08. The Hall–Kier alpha value is -1.55. The first-order valence-corrected chi connectivity index (χ1v) is 6.44. The van der Waals surface area contributed by atoms with Gasteiger partial charge in [0.15, 0.2) is 0 Å². The average molecular weight is 247 g/mol. The molecule has 0 unspecified atom stereocenters. The van der Waals surface area contributed by atoms with E-state index in [2.05, 4.69) is 16.0 Å². The van der Waals surface area contributed by atoms with Gasteiger partial charge in [-0.2, -0.15) is 0 Å².